The maximum absolute atomic E-state index is 5.60. The quantitative estimate of drug-likeness (QED) is 0.649. The molecule has 12 heavy (non-hydrogen) atoms. The zero-order chi connectivity index (χ0) is 8.23. The fourth-order valence-corrected chi connectivity index (χ4v) is 2.92. The molecule has 2 saturated heterocycles. The summed E-state index contributed by atoms with van der Waals surface area (Å²) in [6, 6.07) is 0. The Hall–Kier alpha value is 0.620. The molecule has 2 fully saturated rings. The van der Waals surface area contributed by atoms with Gasteiger partial charge < -0.3 is 9.47 Å². The second-order valence-electron chi connectivity index (χ2n) is 2.84. The molecule has 0 amide bonds. The lowest BCUT2D eigenvalue weighted by Crippen LogP contribution is -2.32. The van der Waals surface area contributed by atoms with E-state index in [1.807, 2.05) is 23.5 Å². The molecule has 1 unspecified atom stereocenters. The third-order valence-electron chi connectivity index (χ3n) is 2.00. The molecule has 0 aromatic rings. The van der Waals surface area contributed by atoms with Crippen molar-refractivity contribution in [1.29, 1.82) is 0 Å². The van der Waals surface area contributed by atoms with E-state index in [4.69, 9.17) is 9.47 Å². The molecule has 4 heteroatoms. The van der Waals surface area contributed by atoms with Gasteiger partial charge in [0.05, 0.1) is 18.6 Å². The Kier molecular flexibility index (Phi) is 3.63. The third kappa shape index (κ3) is 2.31. The first-order valence-corrected chi connectivity index (χ1v) is 6.53. The highest BCUT2D eigenvalue weighted by Gasteiger charge is 2.28. The predicted octanol–water partition coefficient (Wildman–Crippen LogP) is 1.76. The van der Waals surface area contributed by atoms with E-state index in [0.717, 1.165) is 30.5 Å². The van der Waals surface area contributed by atoms with Gasteiger partial charge >= 0.3 is 0 Å². The lowest BCUT2D eigenvalue weighted by molar-refractivity contribution is 0.0102. The van der Waals surface area contributed by atoms with Gasteiger partial charge in [0, 0.05) is 11.5 Å². The maximum Gasteiger partial charge on any atom is 0.135 e. The molecular weight excluding hydrogens is 192 g/mol. The molecule has 69 valence electrons. The van der Waals surface area contributed by atoms with Crippen molar-refractivity contribution in [1.82, 2.24) is 0 Å². The van der Waals surface area contributed by atoms with E-state index in [1.54, 1.807) is 0 Å². The van der Waals surface area contributed by atoms with E-state index >= 15 is 0 Å². The van der Waals surface area contributed by atoms with Crippen LogP contribution in [0.3, 0.4) is 0 Å². The van der Waals surface area contributed by atoms with Gasteiger partial charge in [-0.3, -0.25) is 0 Å². The van der Waals surface area contributed by atoms with E-state index in [9.17, 15) is 0 Å². The standard InChI is InChI=1S/C8H13O2S2/c1-3-12-6-10-7(1)8-5-11-4-2-9-8/h7H,1-6H2. The zero-order valence-electron chi connectivity index (χ0n) is 6.95. The first-order chi connectivity index (χ1) is 5.97. The topological polar surface area (TPSA) is 18.5 Å². The maximum atomic E-state index is 5.60. The molecule has 0 saturated carbocycles. The van der Waals surface area contributed by atoms with Crippen molar-refractivity contribution in [2.24, 2.45) is 0 Å². The smallest absolute Gasteiger partial charge is 0.135 e. The van der Waals surface area contributed by atoms with E-state index in [2.05, 4.69) is 0 Å². The van der Waals surface area contributed by atoms with Crippen LogP contribution in [0.25, 0.3) is 0 Å². The average molecular weight is 205 g/mol. The van der Waals surface area contributed by atoms with Crippen molar-refractivity contribution in [2.45, 2.75) is 12.5 Å². The molecule has 2 nitrogen and oxygen atoms in total. The lowest BCUT2D eigenvalue weighted by atomic mass is 10.2. The summed E-state index contributed by atoms with van der Waals surface area (Å²) in [6.45, 7) is 0.868. The van der Waals surface area contributed by atoms with E-state index in [-0.39, 0.29) is 0 Å². The summed E-state index contributed by atoms with van der Waals surface area (Å²) in [5, 5.41) is 0. The molecule has 0 bridgehead atoms. The van der Waals surface area contributed by atoms with Crippen LogP contribution in [0, 0.1) is 6.10 Å². The molecular formula is C8H13O2S2. The molecule has 2 aliphatic heterocycles. The van der Waals surface area contributed by atoms with Crippen molar-refractivity contribution in [3.8, 4) is 0 Å². The third-order valence-corrected chi connectivity index (χ3v) is 3.77. The Morgan fingerprint density at radius 3 is 2.92 bits per heavy atom. The molecule has 0 spiro atoms. The Balaban J connectivity index is 1.80. The molecule has 2 aliphatic rings. The van der Waals surface area contributed by atoms with Gasteiger partial charge in [-0.2, -0.15) is 11.8 Å². The van der Waals surface area contributed by atoms with Gasteiger partial charge in [0.15, 0.2) is 0 Å². The molecule has 0 aliphatic carbocycles. The molecule has 2 heterocycles. The fraction of sp³-hybridized carbons (Fsp3) is 0.875. The van der Waals surface area contributed by atoms with Crippen LogP contribution in [0.4, 0.5) is 0 Å². The molecule has 1 atom stereocenters. The van der Waals surface area contributed by atoms with Crippen LogP contribution in [0.5, 0.6) is 0 Å². The molecule has 0 N–H and O–H groups in total. The Morgan fingerprint density at radius 1 is 1.25 bits per heavy atom. The van der Waals surface area contributed by atoms with Crippen LogP contribution in [0.1, 0.15) is 6.42 Å². The normalized spacial score (nSPS) is 33.5. The Bertz CT molecular complexity index is 115. The van der Waals surface area contributed by atoms with Crippen LogP contribution < -0.4 is 0 Å². The average Bonchev–Trinajstić information content (AvgIpc) is 2.21. The van der Waals surface area contributed by atoms with E-state index < -0.39 is 0 Å². The van der Waals surface area contributed by atoms with Gasteiger partial charge in [-0.05, 0) is 12.2 Å². The van der Waals surface area contributed by atoms with Gasteiger partial charge in [-0.15, -0.1) is 11.8 Å². The van der Waals surface area contributed by atoms with Gasteiger partial charge in [0.25, 0.3) is 0 Å². The van der Waals surface area contributed by atoms with Crippen molar-refractivity contribution < 1.29 is 9.47 Å². The number of thioether (sulfide) groups is 2. The van der Waals surface area contributed by atoms with Gasteiger partial charge in [-0.25, -0.2) is 0 Å². The SMILES string of the molecule is C1CSC[C](C2CCSCO2)O1. The zero-order valence-corrected chi connectivity index (χ0v) is 8.59. The fourth-order valence-electron chi connectivity index (χ4n) is 1.35. The van der Waals surface area contributed by atoms with Gasteiger partial charge in [0.2, 0.25) is 0 Å². The van der Waals surface area contributed by atoms with Crippen molar-refractivity contribution in [3.05, 3.63) is 6.10 Å². The van der Waals surface area contributed by atoms with Crippen LogP contribution in [0.2, 0.25) is 0 Å². The van der Waals surface area contributed by atoms with Crippen LogP contribution >= 0.6 is 23.5 Å². The van der Waals surface area contributed by atoms with Gasteiger partial charge in [0.1, 0.15) is 6.10 Å². The molecule has 2 rings (SSSR count). The lowest BCUT2D eigenvalue weighted by Gasteiger charge is -2.31. The minimum Gasteiger partial charge on any atom is -0.367 e. The second-order valence-corrected chi connectivity index (χ2v) is 4.99. The summed E-state index contributed by atoms with van der Waals surface area (Å²) in [5.41, 5.74) is 0. The van der Waals surface area contributed by atoms with Gasteiger partial charge in [-0.1, -0.05) is 0 Å². The summed E-state index contributed by atoms with van der Waals surface area (Å²) in [5.74, 6) is 4.21. The number of hydrogen-bond donors (Lipinski definition) is 0. The highest BCUT2D eigenvalue weighted by molar-refractivity contribution is 7.99. The van der Waals surface area contributed by atoms with Crippen LogP contribution in [-0.4, -0.2) is 35.9 Å². The first-order valence-electron chi connectivity index (χ1n) is 4.22. The Labute approximate surface area is 81.8 Å². The minimum atomic E-state index is 0.291. The summed E-state index contributed by atoms with van der Waals surface area (Å²) in [4.78, 5) is 0. The van der Waals surface area contributed by atoms with Crippen molar-refractivity contribution in [3.63, 3.8) is 0 Å². The monoisotopic (exact) mass is 205 g/mol. The minimum absolute atomic E-state index is 0.291. The predicted molar refractivity (Wildman–Crippen MR) is 53.3 cm³/mol. The summed E-state index contributed by atoms with van der Waals surface area (Å²) in [7, 11) is 0. The summed E-state index contributed by atoms with van der Waals surface area (Å²) >= 11 is 3.81. The number of rotatable bonds is 1. The second kappa shape index (κ2) is 4.74. The largest absolute Gasteiger partial charge is 0.367 e. The first kappa shape index (κ1) is 9.19. The van der Waals surface area contributed by atoms with Crippen molar-refractivity contribution >= 4 is 23.5 Å². The van der Waals surface area contributed by atoms with Crippen molar-refractivity contribution in [2.75, 3.05) is 29.8 Å². The van der Waals surface area contributed by atoms with Crippen LogP contribution in [0.15, 0.2) is 0 Å². The van der Waals surface area contributed by atoms with Crippen LogP contribution in [-0.2, 0) is 9.47 Å². The van der Waals surface area contributed by atoms with E-state index in [0.29, 0.717) is 6.10 Å². The number of ether oxygens (including phenoxy) is 2. The highest BCUT2D eigenvalue weighted by atomic mass is 32.2. The van der Waals surface area contributed by atoms with E-state index in [1.165, 1.54) is 11.9 Å². The molecule has 1 radical (unpaired) electrons. The molecule has 0 aromatic carbocycles. The summed E-state index contributed by atoms with van der Waals surface area (Å²) < 4.78 is 11.2. The number of hydrogen-bond acceptors (Lipinski definition) is 4. The highest BCUT2D eigenvalue weighted by Crippen LogP contribution is 2.29. The molecule has 0 aromatic heterocycles. The summed E-state index contributed by atoms with van der Waals surface area (Å²) in [6.07, 6.45) is 2.59. The Morgan fingerprint density at radius 2 is 2.25 bits per heavy atom.